The van der Waals surface area contributed by atoms with Gasteiger partial charge in [0.25, 0.3) is 0 Å². The van der Waals surface area contributed by atoms with Crippen molar-refractivity contribution in [2.24, 2.45) is 0 Å². The highest BCUT2D eigenvalue weighted by molar-refractivity contribution is 9.10. The minimum Gasteiger partial charge on any atom is -0.311 e. The monoisotopic (exact) mass is 332 g/mol. The first-order valence-electron chi connectivity index (χ1n) is 5.20. The van der Waals surface area contributed by atoms with E-state index in [-0.39, 0.29) is 12.4 Å². The fourth-order valence-corrected chi connectivity index (χ4v) is 2.58. The van der Waals surface area contributed by atoms with Crippen LogP contribution >= 0.6 is 39.7 Å². The second-order valence-electron chi connectivity index (χ2n) is 3.42. The number of thiazole rings is 1. The maximum absolute atomic E-state index is 4.59. The Morgan fingerprint density at radius 1 is 1.41 bits per heavy atom. The molecule has 92 valence electrons. The first-order valence-corrected chi connectivity index (χ1v) is 6.88. The minimum absolute atomic E-state index is 0. The van der Waals surface area contributed by atoms with Crippen LogP contribution in [0, 0.1) is 0 Å². The van der Waals surface area contributed by atoms with Crippen molar-refractivity contribution in [1.29, 1.82) is 0 Å². The van der Waals surface area contributed by atoms with Gasteiger partial charge in [0, 0.05) is 22.0 Å². The highest BCUT2D eigenvalue weighted by Gasteiger charge is 2.04. The Hall–Kier alpha value is -0.420. The summed E-state index contributed by atoms with van der Waals surface area (Å²) in [5, 5.41) is 6.52. The number of benzene rings is 1. The average Bonchev–Trinajstić information content (AvgIpc) is 2.75. The van der Waals surface area contributed by atoms with E-state index in [4.69, 9.17) is 0 Å². The van der Waals surface area contributed by atoms with E-state index in [1.165, 1.54) is 0 Å². The van der Waals surface area contributed by atoms with E-state index in [1.807, 2.05) is 12.1 Å². The molecule has 0 aliphatic carbocycles. The first kappa shape index (κ1) is 14.6. The minimum atomic E-state index is 0. The van der Waals surface area contributed by atoms with Crippen molar-refractivity contribution in [3.63, 3.8) is 0 Å². The van der Waals surface area contributed by atoms with Crippen LogP contribution in [0.15, 0.2) is 34.1 Å². The maximum atomic E-state index is 4.59. The van der Waals surface area contributed by atoms with Crippen LogP contribution in [0.4, 0.5) is 0 Å². The molecule has 0 amide bonds. The van der Waals surface area contributed by atoms with Crippen molar-refractivity contribution in [3.8, 4) is 11.3 Å². The molecule has 0 saturated carbocycles. The molecule has 1 aromatic heterocycles. The Morgan fingerprint density at radius 3 is 2.94 bits per heavy atom. The van der Waals surface area contributed by atoms with Gasteiger partial charge in [0.05, 0.1) is 5.69 Å². The molecule has 1 heterocycles. The lowest BCUT2D eigenvalue weighted by atomic mass is 10.2. The molecule has 0 spiro atoms. The predicted molar refractivity (Wildman–Crippen MR) is 79.9 cm³/mol. The molecule has 1 aromatic carbocycles. The summed E-state index contributed by atoms with van der Waals surface area (Å²) >= 11 is 5.17. The van der Waals surface area contributed by atoms with E-state index in [1.54, 1.807) is 11.3 Å². The molecule has 17 heavy (non-hydrogen) atoms. The molecule has 5 heteroatoms. The number of nitrogens with one attached hydrogen (secondary N) is 1. The second kappa shape index (κ2) is 7.11. The van der Waals surface area contributed by atoms with E-state index in [0.717, 1.165) is 33.8 Å². The van der Waals surface area contributed by atoms with Gasteiger partial charge in [-0.1, -0.05) is 35.0 Å². The third-order valence-electron chi connectivity index (χ3n) is 2.20. The van der Waals surface area contributed by atoms with Crippen molar-refractivity contribution in [3.05, 3.63) is 39.1 Å². The lowest BCUT2D eigenvalue weighted by Crippen LogP contribution is -2.11. The quantitative estimate of drug-likeness (QED) is 0.911. The van der Waals surface area contributed by atoms with Crippen LogP contribution in [-0.4, -0.2) is 11.5 Å². The van der Waals surface area contributed by atoms with Gasteiger partial charge in [0.2, 0.25) is 0 Å². The largest absolute Gasteiger partial charge is 0.311 e. The van der Waals surface area contributed by atoms with Crippen molar-refractivity contribution < 1.29 is 0 Å². The summed E-state index contributed by atoms with van der Waals surface area (Å²) in [4.78, 5) is 4.59. The molecule has 0 radical (unpaired) electrons. The summed E-state index contributed by atoms with van der Waals surface area (Å²) < 4.78 is 1.09. The van der Waals surface area contributed by atoms with E-state index in [0.29, 0.717) is 0 Å². The van der Waals surface area contributed by atoms with E-state index >= 15 is 0 Å². The van der Waals surface area contributed by atoms with Gasteiger partial charge in [0.15, 0.2) is 0 Å². The zero-order valence-electron chi connectivity index (χ0n) is 9.44. The van der Waals surface area contributed by atoms with Gasteiger partial charge >= 0.3 is 0 Å². The highest BCUT2D eigenvalue weighted by atomic mass is 79.9. The standard InChI is InChI=1S/C12H13BrN2S.ClH/c1-2-14-7-12-15-11(8-16-12)9-4-3-5-10(13)6-9;/h3-6,8,14H,2,7H2,1H3;1H. The lowest BCUT2D eigenvalue weighted by Gasteiger charge is -1.97. The number of halogens is 2. The number of hydrogen-bond donors (Lipinski definition) is 1. The third-order valence-corrected chi connectivity index (χ3v) is 3.54. The number of aromatic nitrogens is 1. The summed E-state index contributed by atoms with van der Waals surface area (Å²) in [6.07, 6.45) is 0. The molecule has 0 atom stereocenters. The summed E-state index contributed by atoms with van der Waals surface area (Å²) in [6.45, 7) is 3.93. The topological polar surface area (TPSA) is 24.9 Å². The van der Waals surface area contributed by atoms with Crippen LogP contribution in [0.5, 0.6) is 0 Å². The van der Waals surface area contributed by atoms with Crippen LogP contribution in [0.1, 0.15) is 11.9 Å². The molecule has 0 fully saturated rings. The maximum Gasteiger partial charge on any atom is 0.107 e. The molecule has 0 aliphatic rings. The van der Waals surface area contributed by atoms with Crippen LogP contribution < -0.4 is 5.32 Å². The fourth-order valence-electron chi connectivity index (χ4n) is 1.40. The van der Waals surface area contributed by atoms with Crippen molar-refractivity contribution in [2.45, 2.75) is 13.5 Å². The van der Waals surface area contributed by atoms with Gasteiger partial charge in [0.1, 0.15) is 5.01 Å². The Bertz CT molecular complexity index is 473. The van der Waals surface area contributed by atoms with Crippen LogP contribution in [-0.2, 0) is 6.54 Å². The summed E-state index contributed by atoms with van der Waals surface area (Å²) in [7, 11) is 0. The Labute approximate surface area is 120 Å². The smallest absolute Gasteiger partial charge is 0.107 e. The fraction of sp³-hybridized carbons (Fsp3) is 0.250. The van der Waals surface area contributed by atoms with Crippen LogP contribution in [0.3, 0.4) is 0 Å². The van der Waals surface area contributed by atoms with Gasteiger partial charge < -0.3 is 5.32 Å². The molecular formula is C12H14BrClN2S. The Morgan fingerprint density at radius 2 is 2.24 bits per heavy atom. The third kappa shape index (κ3) is 4.07. The molecule has 0 unspecified atom stereocenters. The van der Waals surface area contributed by atoms with Gasteiger partial charge in [-0.3, -0.25) is 0 Å². The SMILES string of the molecule is CCNCc1nc(-c2cccc(Br)c2)cs1.Cl. The van der Waals surface area contributed by atoms with Gasteiger partial charge in [-0.05, 0) is 18.7 Å². The zero-order chi connectivity index (χ0) is 11.4. The molecular weight excluding hydrogens is 320 g/mol. The molecule has 2 aromatic rings. The molecule has 1 N–H and O–H groups in total. The van der Waals surface area contributed by atoms with Crippen LogP contribution in [0.2, 0.25) is 0 Å². The van der Waals surface area contributed by atoms with Crippen molar-refractivity contribution >= 4 is 39.7 Å². The molecule has 2 nitrogen and oxygen atoms in total. The first-order chi connectivity index (χ1) is 7.79. The van der Waals surface area contributed by atoms with Crippen LogP contribution in [0.25, 0.3) is 11.3 Å². The Balaban J connectivity index is 0.00000144. The number of hydrogen-bond acceptors (Lipinski definition) is 3. The normalized spacial score (nSPS) is 10.0. The summed E-state index contributed by atoms with van der Waals surface area (Å²) in [6, 6.07) is 8.22. The van der Waals surface area contributed by atoms with Crippen molar-refractivity contribution in [1.82, 2.24) is 10.3 Å². The summed E-state index contributed by atoms with van der Waals surface area (Å²) in [5.41, 5.74) is 2.22. The Kier molecular flexibility index (Phi) is 6.12. The number of rotatable bonds is 4. The van der Waals surface area contributed by atoms with E-state index in [2.05, 4.69) is 50.7 Å². The van der Waals surface area contributed by atoms with E-state index in [9.17, 15) is 0 Å². The zero-order valence-corrected chi connectivity index (χ0v) is 12.7. The molecule has 0 saturated heterocycles. The van der Waals surface area contributed by atoms with E-state index < -0.39 is 0 Å². The van der Waals surface area contributed by atoms with Crippen molar-refractivity contribution in [2.75, 3.05) is 6.54 Å². The molecule has 0 bridgehead atoms. The van der Waals surface area contributed by atoms with Gasteiger partial charge in [-0.2, -0.15) is 0 Å². The van der Waals surface area contributed by atoms with Gasteiger partial charge in [-0.25, -0.2) is 4.98 Å². The predicted octanol–water partition coefficient (Wildman–Crippen LogP) is 4.10. The lowest BCUT2D eigenvalue weighted by molar-refractivity contribution is 0.723. The second-order valence-corrected chi connectivity index (χ2v) is 5.28. The highest BCUT2D eigenvalue weighted by Crippen LogP contribution is 2.24. The number of nitrogens with zero attached hydrogens (tertiary/aromatic N) is 1. The van der Waals surface area contributed by atoms with Gasteiger partial charge in [-0.15, -0.1) is 23.7 Å². The molecule has 0 aliphatic heterocycles. The molecule has 2 rings (SSSR count). The average molecular weight is 334 g/mol. The summed E-state index contributed by atoms with van der Waals surface area (Å²) in [5.74, 6) is 0.